The summed E-state index contributed by atoms with van der Waals surface area (Å²) in [5.41, 5.74) is 0. The van der Waals surface area contributed by atoms with E-state index in [1.165, 1.54) is 97.4 Å². The van der Waals surface area contributed by atoms with Crippen LogP contribution in [-0.2, 0) is 38.4 Å². The number of unbranched alkanes of at least 4 members (excludes halogenated alkanes) is 9. The number of nitrogens with one attached hydrogen (secondary N) is 8. The van der Waals surface area contributed by atoms with Crippen molar-refractivity contribution in [3.05, 3.63) is 0 Å². The molecule has 0 aromatic rings. The third-order valence-electron chi connectivity index (χ3n) is 23.1. The van der Waals surface area contributed by atoms with Gasteiger partial charge >= 0.3 is 0 Å². The third-order valence-corrected chi connectivity index (χ3v) is 33.3. The van der Waals surface area contributed by atoms with Crippen LogP contribution in [0.15, 0.2) is 0 Å². The molecule has 0 rings (SSSR count). The van der Waals surface area contributed by atoms with Gasteiger partial charge in [-0.3, -0.25) is 38.4 Å². The number of hydrogen-bond acceptors (Lipinski definition) is 22. The third kappa shape index (κ3) is 97.7. The molecule has 30 heteroatoms. The first-order chi connectivity index (χ1) is 65.7. The van der Waals surface area contributed by atoms with Gasteiger partial charge in [-0.2, -0.15) is 94.1 Å². The number of hydrogen-bond donors (Lipinski definition) is 8. The predicted octanol–water partition coefficient (Wildman–Crippen LogP) is 19.7. The lowest BCUT2D eigenvalue weighted by molar-refractivity contribution is -0.122. The molecule has 0 atom stereocenters. The molecule has 0 saturated carbocycles. The summed E-state index contributed by atoms with van der Waals surface area (Å²) in [6.07, 6.45) is 42.8. The van der Waals surface area contributed by atoms with E-state index in [1.54, 1.807) is 0 Å². The topological polar surface area (TPSA) is 252 Å². The predicted molar refractivity (Wildman–Crippen MR) is 599 cm³/mol. The van der Waals surface area contributed by atoms with Gasteiger partial charge in [0.25, 0.3) is 0 Å². The molecule has 0 radical (unpaired) electrons. The number of carbonyl (C=O) groups is 8. The largest absolute Gasteiger partial charge is 0.356 e. The first-order valence-corrected chi connectivity index (χ1v) is 64.0. The van der Waals surface area contributed by atoms with Crippen LogP contribution in [0.5, 0.6) is 0 Å². The molecule has 0 bridgehead atoms. The first-order valence-electron chi connectivity index (χ1n) is 54.8. The van der Waals surface area contributed by atoms with Crippen LogP contribution in [0.2, 0.25) is 0 Å². The van der Waals surface area contributed by atoms with E-state index in [0.717, 1.165) is 356 Å². The molecule has 0 aliphatic carbocycles. The molecule has 0 spiro atoms. The normalized spacial score (nSPS) is 11.7. The summed E-state index contributed by atoms with van der Waals surface area (Å²) in [7, 11) is 0. The molecule has 0 aliphatic rings. The fraction of sp³-hybridized carbons (Fsp3) is 0.923. The van der Waals surface area contributed by atoms with Crippen molar-refractivity contribution >= 4 is 141 Å². The lowest BCUT2D eigenvalue weighted by atomic mass is 10.2. The molecule has 790 valence electrons. The van der Waals surface area contributed by atoms with Crippen molar-refractivity contribution in [1.82, 2.24) is 71.9 Å². The Morgan fingerprint density at radius 1 is 0.142 bits per heavy atom. The fourth-order valence-electron chi connectivity index (χ4n) is 15.6. The highest BCUT2D eigenvalue weighted by Crippen LogP contribution is 2.17. The van der Waals surface area contributed by atoms with Crippen molar-refractivity contribution in [3.8, 4) is 0 Å². The van der Waals surface area contributed by atoms with Gasteiger partial charge in [-0.25, -0.2) is 0 Å². The Kier molecular flexibility index (Phi) is 106. The highest BCUT2D eigenvalue weighted by atomic mass is 32.2. The van der Waals surface area contributed by atoms with Crippen molar-refractivity contribution in [3.63, 3.8) is 0 Å². The van der Waals surface area contributed by atoms with Crippen molar-refractivity contribution in [1.29, 1.82) is 0 Å². The molecule has 0 heterocycles. The number of rotatable bonds is 109. The summed E-state index contributed by atoms with van der Waals surface area (Å²) >= 11 is 15.8. The van der Waals surface area contributed by atoms with E-state index in [0.29, 0.717) is 104 Å². The van der Waals surface area contributed by atoms with Gasteiger partial charge in [0.1, 0.15) is 0 Å². The van der Waals surface area contributed by atoms with E-state index >= 15 is 0 Å². The molecule has 22 nitrogen and oxygen atoms in total. The first kappa shape index (κ1) is 132. The van der Waals surface area contributed by atoms with Gasteiger partial charge in [0.2, 0.25) is 47.3 Å². The highest BCUT2D eigenvalue weighted by Gasteiger charge is 2.18. The van der Waals surface area contributed by atoms with Crippen LogP contribution in [0.25, 0.3) is 0 Å². The van der Waals surface area contributed by atoms with Crippen LogP contribution >= 0.6 is 94.1 Å². The Bertz CT molecular complexity index is 2160. The van der Waals surface area contributed by atoms with E-state index < -0.39 is 0 Å². The van der Waals surface area contributed by atoms with Crippen LogP contribution in [0, 0.1) is 0 Å². The van der Waals surface area contributed by atoms with Crippen LogP contribution < -0.4 is 42.5 Å². The minimum absolute atomic E-state index is 0.145. The average molecular weight is 2040 g/mol. The van der Waals surface area contributed by atoms with Crippen molar-refractivity contribution < 1.29 is 38.4 Å². The maximum absolute atomic E-state index is 13.1. The second-order valence-electron chi connectivity index (χ2n) is 36.4. The summed E-state index contributed by atoms with van der Waals surface area (Å²) in [6, 6.07) is 0. The number of amides is 8. The molecule has 0 fully saturated rings. The van der Waals surface area contributed by atoms with E-state index in [2.05, 4.69) is 127 Å². The molecular weight excluding hydrogens is 1830 g/mol. The summed E-state index contributed by atoms with van der Waals surface area (Å²) in [5.74, 6) is 19.4. The molecule has 0 aromatic heterocycles. The number of thioether (sulfide) groups is 8. The van der Waals surface area contributed by atoms with Gasteiger partial charge in [-0.15, -0.1) is 0 Å². The lowest BCUT2D eigenvalue weighted by Gasteiger charge is -2.29. The Morgan fingerprint density at radius 3 is 0.373 bits per heavy atom. The molecule has 8 amide bonds. The monoisotopic (exact) mass is 2040 g/mol. The standard InChI is InChI=1S/C104H208N14O8S8/c1-9-81-127-89-27-17-47-97(119)105-55-35-65-115(66-36-56-106-98(120)48-18-28-90-128-82-10-2)77-43-73-113(74-44-78-116(67-37-57-107-99(121)49-19-29-91-129-83-11-3)68-38-58-108-100(122)50-20-30-92-130-84-12-4)63-25-26-64-114(75-45-79-117(69-39-59-109-101(123)51-21-31-93-131-85-13-5)70-40-60-110-102(124)52-22-32-94-132-86-14-6)76-46-80-118(71-41-61-111-103(125)53-23-33-95-133-87-15-7)72-42-62-112-104(126)54-24-34-96-134-88-16-8/h9-96H2,1-8H3,(H,105,119)(H,106,120)(H,107,121)(H,108,122)(H,109,123)(H,110,124)(H,111,125)(H,112,126). The average Bonchev–Trinajstić information content (AvgIpc) is 0.944. The van der Waals surface area contributed by atoms with E-state index in [1.807, 2.05) is 94.1 Å². The number of carbonyl (C=O) groups excluding carboxylic acids is 8. The smallest absolute Gasteiger partial charge is 0.219 e. The molecule has 8 N–H and O–H groups in total. The second-order valence-corrected chi connectivity index (χ2v) is 46.2. The van der Waals surface area contributed by atoms with E-state index in [4.69, 9.17) is 0 Å². The van der Waals surface area contributed by atoms with Gasteiger partial charge in [0, 0.05) is 104 Å². The Morgan fingerprint density at radius 2 is 0.254 bits per heavy atom. The molecule has 0 unspecified atom stereocenters. The van der Waals surface area contributed by atoms with Crippen molar-refractivity contribution in [2.75, 3.05) is 262 Å². The molecule has 0 saturated heterocycles. The summed E-state index contributed by atoms with van der Waals surface area (Å²) in [5, 5.41) is 26.0. The van der Waals surface area contributed by atoms with Crippen LogP contribution in [-0.4, -0.2) is 339 Å². The fourth-order valence-corrected chi connectivity index (χ4v) is 22.8. The lowest BCUT2D eigenvalue weighted by Crippen LogP contribution is -2.37. The van der Waals surface area contributed by atoms with E-state index in [-0.39, 0.29) is 47.3 Å². The maximum atomic E-state index is 13.1. The molecular formula is C104H208N14O8S8. The van der Waals surface area contributed by atoms with Crippen LogP contribution in [0.3, 0.4) is 0 Å². The van der Waals surface area contributed by atoms with Crippen molar-refractivity contribution in [2.24, 2.45) is 0 Å². The molecule has 0 aromatic carbocycles. The second kappa shape index (κ2) is 107. The molecule has 134 heavy (non-hydrogen) atoms. The SMILES string of the molecule is CCCSCCCCC(=O)NCCCN(CCCNC(=O)CCCCSCCC)CCCN(CCCCN(CCCN(CCCNC(=O)CCCCSCCC)CCCNC(=O)CCCCSCCC)CCCN(CCCNC(=O)CCCCSCCC)CCCNC(=O)CCCCSCCC)CCCN(CCCNC(=O)CCCCSCCC)CCCNC(=O)CCCCSCCC. The Labute approximate surface area is 858 Å². The van der Waals surface area contributed by atoms with Gasteiger partial charge in [-0.05, 0) is 454 Å². The van der Waals surface area contributed by atoms with Gasteiger partial charge in [-0.1, -0.05) is 55.4 Å². The zero-order valence-electron chi connectivity index (χ0n) is 87.4. The quantitative estimate of drug-likeness (QED) is 0.0264. The van der Waals surface area contributed by atoms with Crippen molar-refractivity contribution in [2.45, 2.75) is 351 Å². The van der Waals surface area contributed by atoms with Gasteiger partial charge in [0.15, 0.2) is 0 Å². The summed E-state index contributed by atoms with van der Waals surface area (Å²) in [6.45, 7) is 39.4. The summed E-state index contributed by atoms with van der Waals surface area (Å²) in [4.78, 5) is 121. The zero-order valence-corrected chi connectivity index (χ0v) is 94.0. The van der Waals surface area contributed by atoms with Crippen LogP contribution in [0.4, 0.5) is 0 Å². The highest BCUT2D eigenvalue weighted by molar-refractivity contribution is 8.00. The van der Waals surface area contributed by atoms with E-state index in [9.17, 15) is 38.4 Å². The Hall–Kier alpha value is -1.68. The summed E-state index contributed by atoms with van der Waals surface area (Å²) < 4.78 is 0. The zero-order chi connectivity index (χ0) is 97.6. The minimum atomic E-state index is 0.145. The minimum Gasteiger partial charge on any atom is -0.356 e. The van der Waals surface area contributed by atoms with Gasteiger partial charge < -0.3 is 71.9 Å². The van der Waals surface area contributed by atoms with Gasteiger partial charge in [0.05, 0.1) is 0 Å². The maximum Gasteiger partial charge on any atom is 0.219 e. The molecule has 0 aliphatic heterocycles. The van der Waals surface area contributed by atoms with Crippen LogP contribution in [0.1, 0.15) is 351 Å². The Balaban J connectivity index is 7.49. The number of nitrogens with zero attached hydrogens (tertiary/aromatic N) is 6.